The van der Waals surface area contributed by atoms with Gasteiger partial charge in [-0.05, 0) is 77.9 Å². The normalized spacial score (nSPS) is 12.2. The molecular formula is C69H37F3N6O. The molecule has 5 heterocycles. The molecule has 0 aliphatic heterocycles. The van der Waals surface area contributed by atoms with Gasteiger partial charge in [-0.15, -0.1) is 0 Å². The number of alkyl halides is 3. The summed E-state index contributed by atoms with van der Waals surface area (Å²) in [5, 5.41) is 33.5. The van der Waals surface area contributed by atoms with E-state index in [1.54, 1.807) is 18.2 Å². The van der Waals surface area contributed by atoms with Crippen LogP contribution in [0.2, 0.25) is 0 Å². The van der Waals surface area contributed by atoms with Crippen LogP contribution < -0.4 is 0 Å². The molecule has 0 saturated heterocycles. The Kier molecular flexibility index (Phi) is 9.20. The maximum Gasteiger partial charge on any atom is 0.417 e. The van der Waals surface area contributed by atoms with Crippen molar-refractivity contribution in [3.05, 3.63) is 241 Å². The molecule has 0 N–H and O–H groups in total. The Morgan fingerprint density at radius 3 is 1.18 bits per heavy atom. The molecule has 16 aromatic rings. The highest BCUT2D eigenvalue weighted by atomic mass is 19.4. The number of fused-ring (bicyclic) bond motifs is 16. The number of rotatable bonds is 5. The lowest BCUT2D eigenvalue weighted by Gasteiger charge is -2.27. The van der Waals surface area contributed by atoms with Crippen molar-refractivity contribution < 1.29 is 17.6 Å². The zero-order chi connectivity index (χ0) is 52.8. The van der Waals surface area contributed by atoms with Gasteiger partial charge in [-0.3, -0.25) is 0 Å². The van der Waals surface area contributed by atoms with Gasteiger partial charge in [0.1, 0.15) is 34.4 Å². The highest BCUT2D eigenvalue weighted by Gasteiger charge is 2.37. The minimum absolute atomic E-state index is 0.0131. The highest BCUT2D eigenvalue weighted by Crippen LogP contribution is 2.52. The second-order valence-corrected chi connectivity index (χ2v) is 20.0. The molecule has 0 atom stereocenters. The van der Waals surface area contributed by atoms with E-state index in [1.165, 1.54) is 12.1 Å². The quantitative estimate of drug-likeness (QED) is 0.172. The smallest absolute Gasteiger partial charge is 0.417 e. The lowest BCUT2D eigenvalue weighted by molar-refractivity contribution is -0.137. The van der Waals surface area contributed by atoms with Crippen molar-refractivity contribution in [1.82, 2.24) is 18.3 Å². The molecule has 0 fully saturated rings. The van der Waals surface area contributed by atoms with Gasteiger partial charge in [0.15, 0.2) is 0 Å². The Labute approximate surface area is 446 Å². The summed E-state index contributed by atoms with van der Waals surface area (Å²) in [5.41, 5.74) is 8.86. The molecule has 0 aliphatic carbocycles. The molecule has 10 heteroatoms. The van der Waals surface area contributed by atoms with Crippen molar-refractivity contribution in [2.45, 2.75) is 6.18 Å². The number of aromatic nitrogens is 4. The van der Waals surface area contributed by atoms with Gasteiger partial charge < -0.3 is 22.7 Å². The number of benzene rings is 11. The van der Waals surface area contributed by atoms with Crippen molar-refractivity contribution in [1.29, 1.82) is 10.5 Å². The molecule has 16 rings (SSSR count). The number of para-hydroxylation sites is 7. The van der Waals surface area contributed by atoms with E-state index >= 15 is 13.2 Å². The third kappa shape index (κ3) is 6.00. The van der Waals surface area contributed by atoms with Crippen LogP contribution in [0.3, 0.4) is 0 Å². The van der Waals surface area contributed by atoms with Crippen molar-refractivity contribution in [2.75, 3.05) is 0 Å². The average molecular weight is 1020 g/mol. The molecule has 11 aromatic carbocycles. The number of nitrogens with zero attached hydrogens (tertiary/aromatic N) is 6. The molecule has 0 amide bonds. The van der Waals surface area contributed by atoms with Crippen molar-refractivity contribution in [3.63, 3.8) is 0 Å². The second kappa shape index (κ2) is 16.3. The molecule has 0 unspecified atom stereocenters. The summed E-state index contributed by atoms with van der Waals surface area (Å²) in [6.45, 7) is 0. The minimum Gasteiger partial charge on any atom is -0.456 e. The molecule has 7 nitrogen and oxygen atoms in total. The summed E-state index contributed by atoms with van der Waals surface area (Å²) in [6, 6.07) is 77.0. The van der Waals surface area contributed by atoms with Crippen LogP contribution in [0, 0.1) is 22.7 Å². The van der Waals surface area contributed by atoms with Crippen LogP contribution in [0.5, 0.6) is 0 Å². The Morgan fingerprint density at radius 1 is 0.316 bits per heavy atom. The van der Waals surface area contributed by atoms with E-state index in [9.17, 15) is 10.5 Å². The Hall–Kier alpha value is -10.8. The van der Waals surface area contributed by atoms with Crippen LogP contribution in [0.25, 0.3) is 143 Å². The Morgan fingerprint density at radius 2 is 0.709 bits per heavy atom. The third-order valence-corrected chi connectivity index (χ3v) is 16.1. The first kappa shape index (κ1) is 44.5. The summed E-state index contributed by atoms with van der Waals surface area (Å²) < 4.78 is 61.5. The van der Waals surface area contributed by atoms with Gasteiger partial charge in [0.25, 0.3) is 0 Å². The maximum absolute atomic E-state index is 15.4. The number of halogens is 3. The van der Waals surface area contributed by atoms with Crippen LogP contribution in [0.15, 0.2) is 229 Å². The van der Waals surface area contributed by atoms with E-state index < -0.39 is 11.7 Å². The van der Waals surface area contributed by atoms with Crippen molar-refractivity contribution >= 4 is 109 Å². The Bertz CT molecular complexity index is 5100. The van der Waals surface area contributed by atoms with Gasteiger partial charge >= 0.3 is 6.18 Å². The van der Waals surface area contributed by atoms with E-state index in [0.717, 1.165) is 76.9 Å². The topological polar surface area (TPSA) is 80.4 Å². The van der Waals surface area contributed by atoms with Crippen LogP contribution >= 0.6 is 0 Å². The lowest BCUT2D eigenvalue weighted by Crippen LogP contribution is -2.17. The Balaban J connectivity index is 1.26. The van der Waals surface area contributed by atoms with Gasteiger partial charge in [0.2, 0.25) is 0 Å². The van der Waals surface area contributed by atoms with Gasteiger partial charge in [-0.2, -0.15) is 23.7 Å². The summed E-state index contributed by atoms with van der Waals surface area (Å²) in [7, 11) is 0. The molecule has 0 radical (unpaired) electrons. The zero-order valence-electron chi connectivity index (χ0n) is 41.6. The maximum atomic E-state index is 15.4. The van der Waals surface area contributed by atoms with Crippen molar-refractivity contribution in [3.8, 4) is 46.0 Å². The zero-order valence-corrected chi connectivity index (χ0v) is 41.6. The molecule has 0 saturated carbocycles. The largest absolute Gasteiger partial charge is 0.456 e. The van der Waals surface area contributed by atoms with E-state index in [1.807, 2.05) is 127 Å². The van der Waals surface area contributed by atoms with Crippen LogP contribution in [0.1, 0.15) is 16.7 Å². The summed E-state index contributed by atoms with van der Waals surface area (Å²) in [4.78, 5) is 0. The molecule has 0 spiro atoms. The van der Waals surface area contributed by atoms with Crippen LogP contribution in [-0.2, 0) is 6.18 Å². The van der Waals surface area contributed by atoms with Gasteiger partial charge in [-0.25, -0.2) is 0 Å². The predicted octanol–water partition coefficient (Wildman–Crippen LogP) is 18.4. The standard InChI is InChI=1S/C69H37F3N6O/c70-69(71,72)52-27-9-1-18-40(52)47-26-17-34-59-62(47)49-36-37-61-63(48-25-8-16-35-60(48)79-61)65(49)78(59)68-66(76-55-30-12-4-21-43(55)44-22-5-13-31-56(44)76)50(38-73)64(75-53-28-10-2-19-41(53)42-20-3-11-29-54(42)75)51(39-74)67(68)77-57-32-14-6-23-45(57)46-24-7-15-33-58(46)77/h1-37H. The van der Waals surface area contributed by atoms with E-state index in [2.05, 4.69) is 91.1 Å². The second-order valence-electron chi connectivity index (χ2n) is 20.0. The summed E-state index contributed by atoms with van der Waals surface area (Å²) in [6.07, 6.45) is -4.69. The van der Waals surface area contributed by atoms with E-state index in [-0.39, 0.29) is 16.7 Å². The van der Waals surface area contributed by atoms with E-state index in [0.29, 0.717) is 66.7 Å². The summed E-state index contributed by atoms with van der Waals surface area (Å²) >= 11 is 0. The molecule has 0 aliphatic rings. The van der Waals surface area contributed by atoms with Gasteiger partial charge in [0.05, 0.1) is 77.8 Å². The first-order chi connectivity index (χ1) is 38.8. The minimum atomic E-state index is -4.69. The molecule has 370 valence electrons. The van der Waals surface area contributed by atoms with Crippen LogP contribution in [0.4, 0.5) is 13.2 Å². The fourth-order valence-corrected chi connectivity index (χ4v) is 13.1. The number of furan rings is 1. The average Bonchev–Trinajstić information content (AvgIpc) is 3.73. The predicted molar refractivity (Wildman–Crippen MR) is 311 cm³/mol. The summed E-state index contributed by atoms with van der Waals surface area (Å²) in [5.74, 6) is 0. The van der Waals surface area contributed by atoms with E-state index in [4.69, 9.17) is 4.42 Å². The van der Waals surface area contributed by atoms with Gasteiger partial charge in [-0.1, -0.05) is 158 Å². The highest BCUT2D eigenvalue weighted by molar-refractivity contribution is 6.27. The molecular weight excluding hydrogens is 986 g/mol. The molecule has 5 aromatic heterocycles. The SMILES string of the molecule is N#Cc1c(-n2c3ccccc3c3ccccc32)c(C#N)c(-n2c3ccccc3c3ccccc32)c(-n2c3cccc(-c4ccccc4C(F)(F)F)c3c3ccc4oc5ccccc5c4c32)c1-n1c2ccccc2c2ccccc21. The monoisotopic (exact) mass is 1020 g/mol. The number of hydrogen-bond donors (Lipinski definition) is 0. The van der Waals surface area contributed by atoms with Gasteiger partial charge in [0, 0.05) is 48.5 Å². The fourth-order valence-electron chi connectivity index (χ4n) is 13.1. The third-order valence-electron chi connectivity index (χ3n) is 16.1. The van der Waals surface area contributed by atoms with Crippen molar-refractivity contribution in [2.24, 2.45) is 0 Å². The lowest BCUT2D eigenvalue weighted by atomic mass is 9.95. The first-order valence-electron chi connectivity index (χ1n) is 25.9. The number of nitriles is 2. The van der Waals surface area contributed by atoms with Crippen LogP contribution in [-0.4, -0.2) is 18.3 Å². The molecule has 79 heavy (non-hydrogen) atoms. The number of hydrogen-bond acceptors (Lipinski definition) is 3. The molecule has 0 bridgehead atoms. The fraction of sp³-hybridized carbons (Fsp3) is 0.0145. The first-order valence-corrected chi connectivity index (χ1v) is 25.9.